The molecule has 0 aliphatic heterocycles. The lowest BCUT2D eigenvalue weighted by Crippen LogP contribution is -2.50. The smallest absolute Gasteiger partial charge is 0.404 e. The highest BCUT2D eigenvalue weighted by Crippen LogP contribution is 2.42. The van der Waals surface area contributed by atoms with Crippen LogP contribution in [-0.4, -0.2) is 47.3 Å². The van der Waals surface area contributed by atoms with Gasteiger partial charge < -0.3 is 24.1 Å². The molecule has 0 heterocycles. The van der Waals surface area contributed by atoms with Crippen LogP contribution in [0.3, 0.4) is 0 Å². The number of nitrogens with two attached hydrogens (primary N) is 1. The Hall–Kier alpha value is -1.49. The average Bonchev–Trinajstić information content (AvgIpc) is 2.84. The van der Waals surface area contributed by atoms with Crippen molar-refractivity contribution >= 4 is 29.0 Å². The van der Waals surface area contributed by atoms with Gasteiger partial charge in [0.2, 0.25) is 0 Å². The van der Waals surface area contributed by atoms with Crippen molar-refractivity contribution in [3.8, 4) is 0 Å². The van der Waals surface area contributed by atoms with E-state index in [2.05, 4.69) is 108 Å². The Bertz CT molecular complexity index is 960. The van der Waals surface area contributed by atoms with Gasteiger partial charge in [0.15, 0.2) is 16.6 Å². The Morgan fingerprint density at radius 1 is 0.814 bits per heavy atom. The van der Waals surface area contributed by atoms with Crippen molar-refractivity contribution in [3.05, 3.63) is 36.5 Å². The largest absolute Gasteiger partial charge is 0.445 e. The van der Waals surface area contributed by atoms with E-state index in [4.69, 9.17) is 19.3 Å². The van der Waals surface area contributed by atoms with Crippen LogP contribution in [0, 0.1) is 29.6 Å². The van der Waals surface area contributed by atoms with E-state index in [1.807, 2.05) is 26.0 Å². The highest BCUT2D eigenvalue weighted by molar-refractivity contribution is 6.74. The molecule has 6 nitrogen and oxygen atoms in total. The van der Waals surface area contributed by atoms with Crippen molar-refractivity contribution in [2.45, 2.75) is 144 Å². The minimum absolute atomic E-state index is 0.0117. The van der Waals surface area contributed by atoms with E-state index in [-0.39, 0.29) is 51.9 Å². The molecule has 250 valence electrons. The van der Waals surface area contributed by atoms with Gasteiger partial charge in [0, 0.05) is 17.8 Å². The van der Waals surface area contributed by atoms with E-state index < -0.39 is 28.8 Å². The molecule has 8 atom stereocenters. The molecule has 0 aromatic rings. The zero-order valence-corrected chi connectivity index (χ0v) is 32.5. The van der Waals surface area contributed by atoms with Crippen LogP contribution < -0.4 is 5.73 Å². The second kappa shape index (κ2) is 16.7. The zero-order valence-electron chi connectivity index (χ0n) is 30.5. The predicted octanol–water partition coefficient (Wildman–Crippen LogP) is 9.69. The second-order valence-corrected chi connectivity index (χ2v) is 25.5. The standard InChI is InChI=1S/C35H67NO5Si2/c1-18-19-20-25(3)31(39-33(36)38)29(7)32(41-43(16,17)35(11,12)13)27(5)22-24(2)21-26(4)30(28(6)23-37)40-42(14,15)34(8,9)10/h18-21,23,25-32H,1,22H2,2-17H3,(H2,36,38)/b20-19-,24-21-/t25-,26-,27-,28+,29+,30+,31-,32+/m0/s1. The maximum absolute atomic E-state index is 12.0. The minimum Gasteiger partial charge on any atom is -0.445 e. The molecule has 0 spiro atoms. The number of amides is 1. The van der Waals surface area contributed by atoms with Crippen molar-refractivity contribution in [2.75, 3.05) is 0 Å². The molecule has 0 aliphatic carbocycles. The molecule has 0 rings (SSSR count). The fourth-order valence-corrected chi connectivity index (χ4v) is 8.10. The van der Waals surface area contributed by atoms with Gasteiger partial charge in [-0.25, -0.2) is 4.79 Å². The summed E-state index contributed by atoms with van der Waals surface area (Å²) in [4.78, 5) is 23.9. The van der Waals surface area contributed by atoms with Crippen molar-refractivity contribution in [1.82, 2.24) is 0 Å². The fourth-order valence-electron chi connectivity index (χ4n) is 5.16. The van der Waals surface area contributed by atoms with Crippen LogP contribution >= 0.6 is 0 Å². The number of aldehydes is 1. The number of primary amides is 1. The van der Waals surface area contributed by atoms with Crippen LogP contribution in [-0.2, 0) is 18.4 Å². The first kappa shape index (κ1) is 41.5. The molecule has 0 aromatic carbocycles. The van der Waals surface area contributed by atoms with Gasteiger partial charge in [-0.05, 0) is 61.4 Å². The van der Waals surface area contributed by atoms with Crippen LogP contribution in [0.5, 0.6) is 0 Å². The number of carbonyl (C=O) groups excluding carboxylic acids is 2. The summed E-state index contributed by atoms with van der Waals surface area (Å²) in [6.45, 7) is 38.8. The fraction of sp³-hybridized carbons (Fsp3) is 0.771. The molecule has 0 fully saturated rings. The first-order valence-corrected chi connectivity index (χ1v) is 21.9. The summed E-state index contributed by atoms with van der Waals surface area (Å²) >= 11 is 0. The SMILES string of the molecule is C=C/C=C\[C@H](C)[C@H](OC(N)=O)[C@@H](C)[C@H](O[Si](C)(C)C(C)(C)C)[C@@H](C)C/C(C)=C\[C@H](C)[C@@H](O[Si](C)(C)C(C)(C)C)[C@H](C)C=O. The summed E-state index contributed by atoms with van der Waals surface area (Å²) < 4.78 is 19.7. The van der Waals surface area contributed by atoms with Gasteiger partial charge in [-0.15, -0.1) is 0 Å². The van der Waals surface area contributed by atoms with Gasteiger partial charge in [-0.1, -0.05) is 113 Å². The van der Waals surface area contributed by atoms with Crippen LogP contribution in [0.15, 0.2) is 36.5 Å². The van der Waals surface area contributed by atoms with Gasteiger partial charge in [-0.2, -0.15) is 0 Å². The Morgan fingerprint density at radius 2 is 1.28 bits per heavy atom. The summed E-state index contributed by atoms with van der Waals surface area (Å²) in [5.41, 5.74) is 6.79. The molecule has 0 bridgehead atoms. The third-order valence-electron chi connectivity index (χ3n) is 9.83. The van der Waals surface area contributed by atoms with E-state index in [9.17, 15) is 9.59 Å². The quantitative estimate of drug-likeness (QED) is 0.0742. The topological polar surface area (TPSA) is 87.8 Å². The number of hydrogen-bond acceptors (Lipinski definition) is 5. The van der Waals surface area contributed by atoms with Crippen LogP contribution in [0.1, 0.15) is 89.5 Å². The van der Waals surface area contributed by atoms with Gasteiger partial charge >= 0.3 is 6.09 Å². The highest BCUT2D eigenvalue weighted by Gasteiger charge is 2.44. The van der Waals surface area contributed by atoms with E-state index in [0.717, 1.165) is 12.7 Å². The van der Waals surface area contributed by atoms with Crippen LogP contribution in [0.25, 0.3) is 0 Å². The van der Waals surface area contributed by atoms with Crippen molar-refractivity contribution in [1.29, 1.82) is 0 Å². The lowest BCUT2D eigenvalue weighted by Gasteiger charge is -2.45. The zero-order chi connectivity index (χ0) is 34.1. The van der Waals surface area contributed by atoms with Crippen molar-refractivity contribution in [2.24, 2.45) is 35.3 Å². The predicted molar refractivity (Wildman–Crippen MR) is 188 cm³/mol. The summed E-state index contributed by atoms with van der Waals surface area (Å²) in [6, 6.07) is 0. The maximum atomic E-state index is 12.0. The molecule has 8 heteroatoms. The molecule has 1 amide bonds. The highest BCUT2D eigenvalue weighted by atomic mass is 28.4. The molecule has 0 saturated heterocycles. The third kappa shape index (κ3) is 12.8. The Balaban J connectivity index is 6.49. The average molecular weight is 638 g/mol. The number of rotatable bonds is 17. The monoisotopic (exact) mass is 637 g/mol. The summed E-state index contributed by atoms with van der Waals surface area (Å²) in [7, 11) is -4.27. The van der Waals surface area contributed by atoms with E-state index >= 15 is 0 Å². The Labute approximate surface area is 267 Å². The molecule has 0 radical (unpaired) electrons. The molecule has 0 saturated carbocycles. The lowest BCUT2D eigenvalue weighted by atomic mass is 9.81. The summed E-state index contributed by atoms with van der Waals surface area (Å²) in [5.74, 6) is -0.208. The number of carbonyl (C=O) groups is 2. The number of allylic oxidation sites excluding steroid dienone is 3. The number of hydrogen-bond donors (Lipinski definition) is 1. The van der Waals surface area contributed by atoms with Gasteiger partial charge in [-0.3, -0.25) is 0 Å². The summed E-state index contributed by atoms with van der Waals surface area (Å²) in [5, 5.41) is 0.0601. The molecule has 2 N–H and O–H groups in total. The van der Waals surface area contributed by atoms with E-state index in [1.165, 1.54) is 5.57 Å². The maximum Gasteiger partial charge on any atom is 0.404 e. The normalized spacial score (nSPS) is 19.6. The molecular formula is C35H67NO5Si2. The first-order chi connectivity index (χ1) is 19.3. The molecule has 43 heavy (non-hydrogen) atoms. The van der Waals surface area contributed by atoms with Gasteiger partial charge in [0.05, 0.1) is 12.2 Å². The van der Waals surface area contributed by atoms with Gasteiger partial charge in [0.25, 0.3) is 0 Å². The Kier molecular flexibility index (Phi) is 16.1. The number of ether oxygens (including phenoxy) is 1. The van der Waals surface area contributed by atoms with E-state index in [0.29, 0.717) is 0 Å². The van der Waals surface area contributed by atoms with Gasteiger partial charge in [0.1, 0.15) is 12.4 Å². The molecule has 0 aliphatic rings. The van der Waals surface area contributed by atoms with Crippen molar-refractivity contribution in [3.63, 3.8) is 0 Å². The first-order valence-electron chi connectivity index (χ1n) is 16.1. The molecular weight excluding hydrogens is 571 g/mol. The minimum atomic E-state index is -2.18. The van der Waals surface area contributed by atoms with Crippen LogP contribution in [0.2, 0.25) is 36.3 Å². The van der Waals surface area contributed by atoms with E-state index in [1.54, 1.807) is 6.08 Å². The van der Waals surface area contributed by atoms with Crippen LogP contribution in [0.4, 0.5) is 4.79 Å². The lowest BCUT2D eigenvalue weighted by molar-refractivity contribution is -0.113. The Morgan fingerprint density at radius 3 is 1.67 bits per heavy atom. The summed E-state index contributed by atoms with van der Waals surface area (Å²) in [6.07, 6.45) is 8.09. The van der Waals surface area contributed by atoms with Crippen molar-refractivity contribution < 1.29 is 23.2 Å². The molecule has 0 unspecified atom stereocenters. The third-order valence-corrected chi connectivity index (χ3v) is 18.8. The molecule has 0 aromatic heterocycles. The second-order valence-electron chi connectivity index (χ2n) is 16.0.